The van der Waals surface area contributed by atoms with Crippen LogP contribution in [0.4, 0.5) is 0 Å². The molecule has 0 saturated heterocycles. The number of aryl methyl sites for hydroxylation is 2. The van der Waals surface area contributed by atoms with Crippen LogP contribution in [0, 0.1) is 19.8 Å². The molecule has 102 valence electrons. The lowest BCUT2D eigenvalue weighted by Crippen LogP contribution is -2.37. The second kappa shape index (κ2) is 6.96. The van der Waals surface area contributed by atoms with Gasteiger partial charge in [-0.3, -0.25) is 0 Å². The number of aromatic nitrogens is 1. The zero-order valence-corrected chi connectivity index (χ0v) is 13.2. The largest absolute Gasteiger partial charge is 0.370 e. The summed E-state index contributed by atoms with van der Waals surface area (Å²) in [7, 11) is 0. The van der Waals surface area contributed by atoms with E-state index in [0.29, 0.717) is 12.5 Å². The van der Waals surface area contributed by atoms with Crippen molar-refractivity contribution in [2.45, 2.75) is 39.7 Å². The fourth-order valence-corrected chi connectivity index (χ4v) is 1.89. The van der Waals surface area contributed by atoms with Crippen molar-refractivity contribution >= 4 is 29.9 Å². The Morgan fingerprint density at radius 2 is 2.22 bits per heavy atom. The van der Waals surface area contributed by atoms with Crippen molar-refractivity contribution in [1.29, 1.82) is 0 Å². The molecule has 18 heavy (non-hydrogen) atoms. The van der Waals surface area contributed by atoms with E-state index in [9.17, 15) is 0 Å². The van der Waals surface area contributed by atoms with Gasteiger partial charge >= 0.3 is 0 Å². The van der Waals surface area contributed by atoms with E-state index >= 15 is 0 Å². The molecule has 2 rings (SSSR count). The molecule has 1 aromatic heterocycles. The Morgan fingerprint density at radius 3 is 2.72 bits per heavy atom. The van der Waals surface area contributed by atoms with Gasteiger partial charge in [-0.05, 0) is 32.6 Å². The molecule has 1 aliphatic carbocycles. The molecule has 0 bridgehead atoms. The second-order valence-corrected chi connectivity index (χ2v) is 4.68. The van der Waals surface area contributed by atoms with Crippen molar-refractivity contribution in [3.05, 3.63) is 17.0 Å². The Balaban J connectivity index is 0.00000162. The summed E-state index contributed by atoms with van der Waals surface area (Å²) >= 11 is 0. The molecule has 0 amide bonds. The van der Waals surface area contributed by atoms with E-state index in [4.69, 9.17) is 10.3 Å². The van der Waals surface area contributed by atoms with Gasteiger partial charge in [0.05, 0.1) is 12.2 Å². The molecule has 1 saturated carbocycles. The first-order chi connectivity index (χ1) is 8.16. The van der Waals surface area contributed by atoms with Gasteiger partial charge < -0.3 is 15.6 Å². The summed E-state index contributed by atoms with van der Waals surface area (Å²) in [5.41, 5.74) is 7.72. The van der Waals surface area contributed by atoms with Crippen LogP contribution in [0.15, 0.2) is 9.52 Å². The molecule has 1 fully saturated rings. The highest BCUT2D eigenvalue weighted by atomic mass is 127. The van der Waals surface area contributed by atoms with Crippen LogP contribution in [0.2, 0.25) is 0 Å². The minimum Gasteiger partial charge on any atom is -0.370 e. The maximum atomic E-state index is 5.81. The first-order valence-electron chi connectivity index (χ1n) is 6.12. The van der Waals surface area contributed by atoms with Crippen LogP contribution >= 0.6 is 24.0 Å². The van der Waals surface area contributed by atoms with Crippen LogP contribution in [0.5, 0.6) is 0 Å². The first-order valence-corrected chi connectivity index (χ1v) is 6.12. The van der Waals surface area contributed by atoms with Crippen molar-refractivity contribution < 1.29 is 4.52 Å². The molecule has 1 aromatic rings. The van der Waals surface area contributed by atoms with E-state index in [-0.39, 0.29) is 24.0 Å². The average molecular weight is 364 g/mol. The van der Waals surface area contributed by atoms with E-state index < -0.39 is 0 Å². The molecule has 1 heterocycles. The molecular formula is C12H21IN4O. The lowest BCUT2D eigenvalue weighted by atomic mass is 9.85. The Hall–Kier alpha value is -0.790. The topological polar surface area (TPSA) is 76.4 Å². The highest BCUT2D eigenvalue weighted by Gasteiger charge is 2.16. The number of rotatable bonds is 4. The number of hydrogen-bond donors (Lipinski definition) is 2. The molecular weight excluding hydrogens is 343 g/mol. The van der Waals surface area contributed by atoms with Gasteiger partial charge in [-0.1, -0.05) is 11.6 Å². The van der Waals surface area contributed by atoms with Crippen LogP contribution in [-0.4, -0.2) is 17.7 Å². The monoisotopic (exact) mass is 364 g/mol. The number of guanidine groups is 1. The van der Waals surface area contributed by atoms with E-state index in [1.165, 1.54) is 19.3 Å². The smallest absolute Gasteiger partial charge is 0.188 e. The van der Waals surface area contributed by atoms with Crippen molar-refractivity contribution in [2.24, 2.45) is 16.6 Å². The molecule has 0 atom stereocenters. The normalized spacial score (nSPS) is 16.0. The van der Waals surface area contributed by atoms with Crippen molar-refractivity contribution in [1.82, 2.24) is 10.5 Å². The SMILES string of the molecule is Cc1noc(C)c1CN=C(N)NCC1CCC1.I. The van der Waals surface area contributed by atoms with Crippen LogP contribution in [0.25, 0.3) is 0 Å². The molecule has 0 aliphatic heterocycles. The highest BCUT2D eigenvalue weighted by Crippen LogP contribution is 2.25. The summed E-state index contributed by atoms with van der Waals surface area (Å²) in [6, 6.07) is 0. The molecule has 3 N–H and O–H groups in total. The highest BCUT2D eigenvalue weighted by molar-refractivity contribution is 14.0. The molecule has 5 nitrogen and oxygen atoms in total. The summed E-state index contributed by atoms with van der Waals surface area (Å²) in [5, 5.41) is 7.05. The van der Waals surface area contributed by atoms with Gasteiger partial charge in [0.25, 0.3) is 0 Å². The van der Waals surface area contributed by atoms with E-state index in [0.717, 1.165) is 29.5 Å². The Kier molecular flexibility index (Phi) is 5.90. The number of aliphatic imine (C=N–C) groups is 1. The Bertz CT molecular complexity index is 393. The summed E-state index contributed by atoms with van der Waals surface area (Å²) in [6.45, 7) is 5.28. The van der Waals surface area contributed by atoms with Gasteiger partial charge in [0.1, 0.15) is 5.76 Å². The fourth-order valence-electron chi connectivity index (χ4n) is 1.89. The lowest BCUT2D eigenvalue weighted by Gasteiger charge is -2.25. The van der Waals surface area contributed by atoms with Crippen molar-refractivity contribution in [2.75, 3.05) is 6.54 Å². The zero-order valence-electron chi connectivity index (χ0n) is 10.9. The minimum absolute atomic E-state index is 0. The number of nitrogens with two attached hydrogens (primary N) is 1. The number of nitrogens with zero attached hydrogens (tertiary/aromatic N) is 2. The van der Waals surface area contributed by atoms with Crippen LogP contribution in [0.1, 0.15) is 36.3 Å². The van der Waals surface area contributed by atoms with Gasteiger partial charge in [-0.2, -0.15) is 0 Å². The third-order valence-electron chi connectivity index (χ3n) is 3.39. The maximum Gasteiger partial charge on any atom is 0.188 e. The number of halogens is 1. The number of hydrogen-bond acceptors (Lipinski definition) is 3. The second-order valence-electron chi connectivity index (χ2n) is 4.68. The summed E-state index contributed by atoms with van der Waals surface area (Å²) < 4.78 is 5.07. The van der Waals surface area contributed by atoms with Gasteiger partial charge in [0, 0.05) is 12.1 Å². The molecule has 0 unspecified atom stereocenters. The Morgan fingerprint density at radius 1 is 1.50 bits per heavy atom. The van der Waals surface area contributed by atoms with Crippen molar-refractivity contribution in [3.63, 3.8) is 0 Å². The van der Waals surface area contributed by atoms with E-state index in [2.05, 4.69) is 15.5 Å². The van der Waals surface area contributed by atoms with Gasteiger partial charge in [0.2, 0.25) is 0 Å². The third kappa shape index (κ3) is 3.86. The Labute approximate surface area is 125 Å². The van der Waals surface area contributed by atoms with E-state index in [1.54, 1.807) is 0 Å². The minimum atomic E-state index is 0. The summed E-state index contributed by atoms with van der Waals surface area (Å²) in [4.78, 5) is 4.30. The third-order valence-corrected chi connectivity index (χ3v) is 3.39. The van der Waals surface area contributed by atoms with Crippen molar-refractivity contribution in [3.8, 4) is 0 Å². The van der Waals surface area contributed by atoms with Crippen LogP contribution < -0.4 is 11.1 Å². The molecule has 1 aliphatic rings. The summed E-state index contributed by atoms with van der Waals surface area (Å²) in [5.74, 6) is 2.11. The lowest BCUT2D eigenvalue weighted by molar-refractivity contribution is 0.315. The van der Waals surface area contributed by atoms with Gasteiger partial charge in [-0.15, -0.1) is 24.0 Å². The van der Waals surface area contributed by atoms with Crippen LogP contribution in [-0.2, 0) is 6.54 Å². The quantitative estimate of drug-likeness (QED) is 0.488. The van der Waals surface area contributed by atoms with E-state index in [1.807, 2.05) is 13.8 Å². The summed E-state index contributed by atoms with van der Waals surface area (Å²) in [6.07, 6.45) is 3.97. The standard InChI is InChI=1S/C12H20N4O.HI/c1-8-11(9(2)17-16-8)7-15-12(13)14-6-10-4-3-5-10;/h10H,3-7H2,1-2H3,(H3,13,14,15);1H. The van der Waals surface area contributed by atoms with Gasteiger partial charge in [0.15, 0.2) is 5.96 Å². The first kappa shape index (κ1) is 15.3. The predicted octanol–water partition coefficient (Wildman–Crippen LogP) is 2.11. The molecule has 0 aromatic carbocycles. The van der Waals surface area contributed by atoms with Gasteiger partial charge in [-0.25, -0.2) is 4.99 Å². The fraction of sp³-hybridized carbons (Fsp3) is 0.667. The molecule has 0 spiro atoms. The molecule has 6 heteroatoms. The zero-order chi connectivity index (χ0) is 12.3. The predicted molar refractivity (Wildman–Crippen MR) is 82.1 cm³/mol. The maximum absolute atomic E-state index is 5.81. The average Bonchev–Trinajstić information content (AvgIpc) is 2.54. The number of nitrogens with one attached hydrogen (secondary N) is 1. The van der Waals surface area contributed by atoms with Crippen LogP contribution in [0.3, 0.4) is 0 Å². The molecule has 0 radical (unpaired) electrons.